The van der Waals surface area contributed by atoms with E-state index >= 15 is 0 Å². The molecular weight excluding hydrogens is 523 g/mol. The summed E-state index contributed by atoms with van der Waals surface area (Å²) in [6.45, 7) is 0.572. The number of esters is 1. The first-order chi connectivity index (χ1) is 15.4. The molecule has 184 valence electrons. The number of guanidine groups is 1. The van der Waals surface area contributed by atoms with Crippen molar-refractivity contribution in [1.82, 2.24) is 15.4 Å². The molecule has 0 aromatic heterocycles. The zero-order valence-corrected chi connectivity index (χ0v) is 20.5. The number of carbonyl (C=O) groups excluding carboxylic acids is 2. The first kappa shape index (κ1) is 27.3. The molecule has 0 fully saturated rings. The molecule has 0 spiro atoms. The van der Waals surface area contributed by atoms with Crippen LogP contribution in [0.5, 0.6) is 0 Å². The summed E-state index contributed by atoms with van der Waals surface area (Å²) in [4.78, 5) is 27.6. The maximum absolute atomic E-state index is 12.3. The summed E-state index contributed by atoms with van der Waals surface area (Å²) in [5, 5.41) is 5.45. The number of hydrogen-bond donors (Lipinski definition) is 3. The van der Waals surface area contributed by atoms with Crippen molar-refractivity contribution >= 4 is 63.1 Å². The van der Waals surface area contributed by atoms with Crippen LogP contribution >= 0.6 is 34.8 Å². The highest BCUT2D eigenvalue weighted by Crippen LogP contribution is 2.26. The van der Waals surface area contributed by atoms with E-state index in [1.54, 1.807) is 12.1 Å². The van der Waals surface area contributed by atoms with Gasteiger partial charge in [-0.05, 0) is 12.0 Å². The van der Waals surface area contributed by atoms with Crippen LogP contribution in [0.2, 0.25) is 0 Å². The molecule has 1 aliphatic heterocycles. The monoisotopic (exact) mass is 544 g/mol. The lowest BCUT2D eigenvalue weighted by atomic mass is 10.0. The summed E-state index contributed by atoms with van der Waals surface area (Å²) in [5.74, 6) is -0.701. The normalized spacial score (nSPS) is 17.2. The van der Waals surface area contributed by atoms with Crippen LogP contribution in [0.15, 0.2) is 35.3 Å². The van der Waals surface area contributed by atoms with Gasteiger partial charge < -0.3 is 20.1 Å². The molecule has 1 amide bonds. The number of nitrogens with one attached hydrogen (secondary N) is 3. The number of rotatable bonds is 9. The second-order valence-corrected chi connectivity index (χ2v) is 10.7. The third-order valence-corrected chi connectivity index (χ3v) is 5.30. The highest BCUT2D eigenvalue weighted by molar-refractivity contribution is 7.85. The predicted octanol–water partition coefficient (Wildman–Crippen LogP) is 1.78. The zero-order chi connectivity index (χ0) is 24.5. The van der Waals surface area contributed by atoms with Crippen LogP contribution in [0, 0.1) is 0 Å². The predicted molar refractivity (Wildman–Crippen MR) is 122 cm³/mol. The van der Waals surface area contributed by atoms with Crippen molar-refractivity contribution in [3.05, 3.63) is 35.9 Å². The van der Waals surface area contributed by atoms with Gasteiger partial charge in [0.15, 0.2) is 0 Å². The molecule has 11 nitrogen and oxygen atoms in total. The van der Waals surface area contributed by atoms with Crippen LogP contribution in [0.3, 0.4) is 0 Å². The minimum Gasteiger partial charge on any atom is -0.464 e. The van der Waals surface area contributed by atoms with Crippen molar-refractivity contribution in [1.29, 1.82) is 0 Å². The first-order valence-electron chi connectivity index (χ1n) is 9.59. The van der Waals surface area contributed by atoms with Crippen LogP contribution in [0.1, 0.15) is 18.9 Å². The van der Waals surface area contributed by atoms with E-state index in [-0.39, 0.29) is 25.7 Å². The van der Waals surface area contributed by atoms with Gasteiger partial charge in [0.2, 0.25) is 9.75 Å². The molecule has 1 aliphatic rings. The van der Waals surface area contributed by atoms with Gasteiger partial charge in [0.1, 0.15) is 19.8 Å². The molecule has 1 heterocycles. The average Bonchev–Trinajstić information content (AvgIpc) is 2.74. The Kier molecular flexibility index (Phi) is 10.3. The van der Waals surface area contributed by atoms with E-state index in [0.717, 1.165) is 5.56 Å². The van der Waals surface area contributed by atoms with Crippen molar-refractivity contribution in [3.8, 4) is 0 Å². The number of halogens is 3. The summed E-state index contributed by atoms with van der Waals surface area (Å²) >= 11 is 16.5. The van der Waals surface area contributed by atoms with Crippen LogP contribution in [-0.4, -0.2) is 62.1 Å². The average molecular weight is 546 g/mol. The number of nitrogens with zero attached hydrogens (tertiary/aromatic N) is 1. The fraction of sp³-hybridized carbons (Fsp3) is 0.500. The standard InChI is InChI=1S/C18H23Cl3N4O7S/c1-12(26)30-10-15(24-17(27)31-9-13-5-3-2-4-6-13)14-7-8-22-16(23-14)25-33(28,29)32-11-18(19,20)21/h2-6,14-15H,7-11H2,1H3,(H,24,27)(H2,22,23,25)/t14-,15+/m0/s1. The van der Waals surface area contributed by atoms with Gasteiger partial charge in [-0.3, -0.25) is 9.79 Å². The van der Waals surface area contributed by atoms with Crippen LogP contribution in [-0.2, 0) is 35.4 Å². The Morgan fingerprint density at radius 2 is 1.94 bits per heavy atom. The molecule has 2 rings (SSSR count). The summed E-state index contributed by atoms with van der Waals surface area (Å²) in [7, 11) is -4.35. The quantitative estimate of drug-likeness (QED) is 0.315. The van der Waals surface area contributed by atoms with Crippen molar-refractivity contribution in [2.45, 2.75) is 35.8 Å². The second kappa shape index (κ2) is 12.5. The molecule has 0 bridgehead atoms. The van der Waals surface area contributed by atoms with E-state index in [2.05, 4.69) is 24.5 Å². The number of alkyl halides is 3. The molecule has 0 saturated heterocycles. The number of carbonyl (C=O) groups is 2. The lowest BCUT2D eigenvalue weighted by Gasteiger charge is -2.31. The number of aliphatic imine (C=N–C) groups is 1. The smallest absolute Gasteiger partial charge is 0.407 e. The molecule has 15 heteroatoms. The second-order valence-electron chi connectivity index (χ2n) is 6.82. The van der Waals surface area contributed by atoms with Gasteiger partial charge >= 0.3 is 22.4 Å². The van der Waals surface area contributed by atoms with Gasteiger partial charge in [-0.1, -0.05) is 65.1 Å². The molecule has 33 heavy (non-hydrogen) atoms. The fourth-order valence-electron chi connectivity index (χ4n) is 2.65. The van der Waals surface area contributed by atoms with Crippen molar-refractivity contribution in [3.63, 3.8) is 0 Å². The minimum absolute atomic E-state index is 0.0398. The SMILES string of the molecule is CC(=O)OC[C@@H](NC(=O)OCc1ccccc1)[C@@H]1CCN=C(NS(=O)(=O)OCC(Cl)(Cl)Cl)N1. The summed E-state index contributed by atoms with van der Waals surface area (Å²) in [6, 6.07) is 7.74. The first-order valence-corrected chi connectivity index (χ1v) is 12.1. The highest BCUT2D eigenvalue weighted by atomic mass is 35.6. The van der Waals surface area contributed by atoms with Gasteiger partial charge in [0.25, 0.3) is 0 Å². The number of benzene rings is 1. The number of hydrogen-bond acceptors (Lipinski definition) is 9. The molecule has 2 atom stereocenters. The van der Waals surface area contributed by atoms with Crippen molar-refractivity contribution < 1.29 is 31.7 Å². The summed E-state index contributed by atoms with van der Waals surface area (Å²) < 4.78 is 39.1. The van der Waals surface area contributed by atoms with E-state index < -0.39 is 44.8 Å². The van der Waals surface area contributed by atoms with E-state index in [4.69, 9.17) is 44.3 Å². The largest absolute Gasteiger partial charge is 0.464 e. The molecule has 0 saturated carbocycles. The molecule has 0 radical (unpaired) electrons. The van der Waals surface area contributed by atoms with Crippen LogP contribution in [0.25, 0.3) is 0 Å². The Hall–Kier alpha value is -1.99. The van der Waals surface area contributed by atoms with Gasteiger partial charge in [-0.15, -0.1) is 0 Å². The Balaban J connectivity index is 1.98. The lowest BCUT2D eigenvalue weighted by molar-refractivity contribution is -0.141. The fourth-order valence-corrected chi connectivity index (χ4v) is 3.76. The lowest BCUT2D eigenvalue weighted by Crippen LogP contribution is -2.58. The molecular formula is C18H23Cl3N4O7S. The van der Waals surface area contributed by atoms with Crippen molar-refractivity contribution in [2.75, 3.05) is 19.8 Å². The van der Waals surface area contributed by atoms with Gasteiger partial charge in [-0.2, -0.15) is 8.42 Å². The Labute approximate surface area is 206 Å². The molecule has 1 aromatic rings. The maximum atomic E-state index is 12.3. The summed E-state index contributed by atoms with van der Waals surface area (Å²) in [5.41, 5.74) is 0.790. The maximum Gasteiger partial charge on any atom is 0.407 e. The Bertz CT molecular complexity index is 942. The Morgan fingerprint density at radius 1 is 1.24 bits per heavy atom. The van der Waals surface area contributed by atoms with E-state index in [0.29, 0.717) is 6.42 Å². The number of ether oxygens (including phenoxy) is 2. The van der Waals surface area contributed by atoms with Crippen LogP contribution in [0.4, 0.5) is 4.79 Å². The highest BCUT2D eigenvalue weighted by Gasteiger charge is 2.30. The molecule has 3 N–H and O–H groups in total. The third kappa shape index (κ3) is 11.1. The van der Waals surface area contributed by atoms with Gasteiger partial charge in [0, 0.05) is 13.5 Å². The molecule has 0 unspecified atom stereocenters. The van der Waals surface area contributed by atoms with E-state index in [1.807, 2.05) is 18.2 Å². The number of alkyl carbamates (subject to hydrolysis) is 1. The number of amides is 1. The van der Waals surface area contributed by atoms with Crippen LogP contribution < -0.4 is 15.4 Å². The molecule has 0 aliphatic carbocycles. The van der Waals surface area contributed by atoms with E-state index in [9.17, 15) is 18.0 Å². The minimum atomic E-state index is -4.35. The van der Waals surface area contributed by atoms with Crippen molar-refractivity contribution in [2.24, 2.45) is 4.99 Å². The van der Waals surface area contributed by atoms with Gasteiger partial charge in [0.05, 0.1) is 12.1 Å². The Morgan fingerprint density at radius 3 is 2.58 bits per heavy atom. The van der Waals surface area contributed by atoms with Gasteiger partial charge in [-0.25, -0.2) is 13.7 Å². The topological polar surface area (TPSA) is 144 Å². The molecule has 1 aromatic carbocycles. The van der Waals surface area contributed by atoms with E-state index in [1.165, 1.54) is 6.92 Å². The summed E-state index contributed by atoms with van der Waals surface area (Å²) in [6.07, 6.45) is -0.348. The third-order valence-electron chi connectivity index (χ3n) is 4.10. The zero-order valence-electron chi connectivity index (χ0n) is 17.4.